The van der Waals surface area contributed by atoms with Gasteiger partial charge in [-0.15, -0.1) is 0 Å². The minimum absolute atomic E-state index is 0.0394. The second kappa shape index (κ2) is 9.92. The fraction of sp³-hybridized carbons (Fsp3) is 0.471. The van der Waals surface area contributed by atoms with Gasteiger partial charge in [0.2, 0.25) is 11.4 Å². The van der Waals surface area contributed by atoms with Gasteiger partial charge in [-0.3, -0.25) is 0 Å². The summed E-state index contributed by atoms with van der Waals surface area (Å²) in [7, 11) is 1.36. The number of aromatic nitrogens is 2. The average molecular weight is 601 g/mol. The number of ether oxygens (including phenoxy) is 2. The molecule has 10 nitrogen and oxygen atoms in total. The molecule has 2 N–H and O–H groups in total. The van der Waals surface area contributed by atoms with Gasteiger partial charge in [0.25, 0.3) is 0 Å². The number of aliphatic carboxylic acids is 1. The van der Waals surface area contributed by atoms with E-state index in [4.69, 9.17) is 19.0 Å². The summed E-state index contributed by atoms with van der Waals surface area (Å²) in [5, 5.41) is 27.2. The molecule has 0 aliphatic heterocycles. The molecule has 7 atom stereocenters. The summed E-state index contributed by atoms with van der Waals surface area (Å²) in [6, 6.07) is 10.2. The molecule has 3 fully saturated rings. The number of benzene rings is 1. The third-order valence-electron chi connectivity index (χ3n) is 11.4. The minimum Gasteiger partial charge on any atom is -0.478 e. The maximum Gasteiger partial charge on any atom is 0.375 e. The van der Waals surface area contributed by atoms with Crippen molar-refractivity contribution in [1.29, 1.82) is 0 Å². The van der Waals surface area contributed by atoms with Crippen molar-refractivity contribution < 1.29 is 38.5 Å². The Hall–Kier alpha value is -4.18. The number of nitrogens with zero attached hydrogens (tertiary/aromatic N) is 2. The number of carbonyl (C=O) groups excluding carboxylic acids is 2. The van der Waals surface area contributed by atoms with Gasteiger partial charge in [0.05, 0.1) is 42.6 Å². The fourth-order valence-corrected chi connectivity index (χ4v) is 9.43. The van der Waals surface area contributed by atoms with E-state index in [1.54, 1.807) is 24.3 Å². The first-order valence-electron chi connectivity index (χ1n) is 15.2. The number of rotatable bonds is 5. The molecule has 7 rings (SSSR count). The molecule has 1 unspecified atom stereocenters. The molecule has 0 radical (unpaired) electrons. The summed E-state index contributed by atoms with van der Waals surface area (Å²) in [6.45, 7) is 4.10. The molecule has 0 spiro atoms. The molecule has 0 bridgehead atoms. The van der Waals surface area contributed by atoms with Crippen molar-refractivity contribution in [3.63, 3.8) is 0 Å². The summed E-state index contributed by atoms with van der Waals surface area (Å²) in [5.41, 5.74) is 1.41. The second-order valence-electron chi connectivity index (χ2n) is 13.3. The lowest BCUT2D eigenvalue weighted by Gasteiger charge is -2.60. The number of fused-ring (bicyclic) bond motifs is 6. The van der Waals surface area contributed by atoms with Crippen molar-refractivity contribution in [2.75, 3.05) is 7.11 Å². The van der Waals surface area contributed by atoms with Crippen LogP contribution in [0.25, 0.3) is 11.8 Å². The van der Waals surface area contributed by atoms with E-state index >= 15 is 0 Å². The van der Waals surface area contributed by atoms with Crippen molar-refractivity contribution >= 4 is 24.0 Å². The van der Waals surface area contributed by atoms with Gasteiger partial charge in [-0.2, -0.15) is 5.10 Å². The lowest BCUT2D eigenvalue weighted by atomic mass is 9.45. The fourth-order valence-electron chi connectivity index (χ4n) is 9.43. The third-order valence-corrected chi connectivity index (χ3v) is 11.4. The molecule has 10 heteroatoms. The largest absolute Gasteiger partial charge is 0.478 e. The predicted molar refractivity (Wildman–Crippen MR) is 157 cm³/mol. The van der Waals surface area contributed by atoms with E-state index in [0.29, 0.717) is 18.4 Å². The van der Waals surface area contributed by atoms with Crippen LogP contribution < -0.4 is 0 Å². The summed E-state index contributed by atoms with van der Waals surface area (Å²) in [4.78, 5) is 38.1. The van der Waals surface area contributed by atoms with Crippen LogP contribution in [0.5, 0.6) is 0 Å². The lowest BCUT2D eigenvalue weighted by Crippen LogP contribution is -2.63. The molecular weight excluding hydrogens is 564 g/mol. The zero-order valence-electron chi connectivity index (χ0n) is 25.0. The number of carboxylic acid groups (broad SMARTS) is 1. The maximum atomic E-state index is 13.0. The highest BCUT2D eigenvalue weighted by Crippen LogP contribution is 2.68. The number of allylic oxidation sites excluding steroid dienone is 1. The normalized spacial score (nSPS) is 33.7. The number of hydrogen-bond acceptors (Lipinski definition) is 8. The molecule has 0 saturated heterocycles. The smallest absolute Gasteiger partial charge is 0.375 e. The quantitative estimate of drug-likeness (QED) is 0.383. The number of hydrogen-bond donors (Lipinski definition) is 2. The molecule has 2 aromatic heterocycles. The molecule has 4 aliphatic rings. The molecule has 4 aliphatic carbocycles. The molecule has 1 aromatic carbocycles. The van der Waals surface area contributed by atoms with Gasteiger partial charge in [-0.05, 0) is 104 Å². The van der Waals surface area contributed by atoms with Crippen molar-refractivity contribution in [3.05, 3.63) is 77.0 Å². The van der Waals surface area contributed by atoms with E-state index in [1.807, 2.05) is 23.9 Å². The monoisotopic (exact) mass is 600 g/mol. The van der Waals surface area contributed by atoms with E-state index in [9.17, 15) is 24.6 Å². The zero-order valence-corrected chi connectivity index (χ0v) is 25.0. The molecular formula is C34H36N2O8. The van der Waals surface area contributed by atoms with Crippen molar-refractivity contribution in [1.82, 2.24) is 9.78 Å². The summed E-state index contributed by atoms with van der Waals surface area (Å²) in [5.74, 6) is -2.51. The first-order valence-corrected chi connectivity index (χ1v) is 15.2. The van der Waals surface area contributed by atoms with E-state index in [1.165, 1.54) is 25.0 Å². The number of aliphatic hydroxyl groups is 1. The molecule has 2 heterocycles. The number of aliphatic hydroxyl groups excluding tert-OH is 1. The number of methoxy groups -OCH3 is 1. The van der Waals surface area contributed by atoms with Crippen LogP contribution in [0, 0.1) is 28.6 Å². The Bertz CT molecular complexity index is 1690. The molecule has 0 amide bonds. The predicted octanol–water partition coefficient (Wildman–Crippen LogP) is 5.09. The van der Waals surface area contributed by atoms with Crippen molar-refractivity contribution in [2.24, 2.45) is 28.6 Å². The van der Waals surface area contributed by atoms with Crippen LogP contribution in [0.15, 0.2) is 58.8 Å². The number of furan rings is 1. The van der Waals surface area contributed by atoms with Gasteiger partial charge in [0.1, 0.15) is 0 Å². The SMILES string of the molecule is COC(=O)c1cccc(-n2ncc3c2C=C2CC[C@@H]4C([C@@H](O)C[C@@]5(C)[C@H]4CC[C@]5(OC(=O)c4ccco4)C(=O)O)[C@@]2(C)C3)c1. The van der Waals surface area contributed by atoms with E-state index in [2.05, 4.69) is 13.0 Å². The number of esters is 2. The Balaban J connectivity index is 1.21. The third kappa shape index (κ3) is 3.89. The summed E-state index contributed by atoms with van der Waals surface area (Å²) >= 11 is 0. The Morgan fingerprint density at radius 1 is 1.11 bits per heavy atom. The van der Waals surface area contributed by atoms with Crippen LogP contribution in [-0.4, -0.2) is 56.7 Å². The number of carbonyl (C=O) groups is 3. The van der Waals surface area contributed by atoms with Gasteiger partial charge in [-0.25, -0.2) is 19.1 Å². The van der Waals surface area contributed by atoms with Crippen LogP contribution in [0.1, 0.15) is 78.1 Å². The highest BCUT2D eigenvalue weighted by Gasteiger charge is 2.71. The highest BCUT2D eigenvalue weighted by molar-refractivity contribution is 5.91. The van der Waals surface area contributed by atoms with Crippen LogP contribution in [0.4, 0.5) is 0 Å². The maximum absolute atomic E-state index is 13.0. The summed E-state index contributed by atoms with van der Waals surface area (Å²) < 4.78 is 17.8. The first-order chi connectivity index (χ1) is 21.0. The first kappa shape index (κ1) is 28.6. The number of carboxylic acids is 1. The van der Waals surface area contributed by atoms with Crippen LogP contribution >= 0.6 is 0 Å². The van der Waals surface area contributed by atoms with Crippen LogP contribution in [0.2, 0.25) is 0 Å². The van der Waals surface area contributed by atoms with E-state index in [0.717, 1.165) is 29.8 Å². The van der Waals surface area contributed by atoms with Crippen molar-refractivity contribution in [3.8, 4) is 5.69 Å². The summed E-state index contributed by atoms with van der Waals surface area (Å²) in [6.07, 6.45) is 7.89. The Morgan fingerprint density at radius 3 is 2.66 bits per heavy atom. The molecule has 44 heavy (non-hydrogen) atoms. The zero-order chi connectivity index (χ0) is 31.0. The van der Waals surface area contributed by atoms with Gasteiger partial charge in [-0.1, -0.05) is 25.5 Å². The topological polar surface area (TPSA) is 141 Å². The van der Waals surface area contributed by atoms with E-state index < -0.39 is 35.0 Å². The molecule has 3 aromatic rings. The molecule has 230 valence electrons. The van der Waals surface area contributed by atoms with Gasteiger partial charge >= 0.3 is 17.9 Å². The van der Waals surface area contributed by atoms with Crippen molar-refractivity contribution in [2.45, 2.75) is 64.1 Å². The second-order valence-corrected chi connectivity index (χ2v) is 13.3. The lowest BCUT2D eigenvalue weighted by molar-refractivity contribution is -0.195. The Kier molecular flexibility index (Phi) is 6.44. The average Bonchev–Trinajstić information content (AvgIpc) is 3.74. The highest BCUT2D eigenvalue weighted by atomic mass is 16.6. The minimum atomic E-state index is -1.76. The van der Waals surface area contributed by atoms with Gasteiger partial charge in [0, 0.05) is 5.41 Å². The molecule has 3 saturated carbocycles. The Morgan fingerprint density at radius 2 is 1.93 bits per heavy atom. The Labute approximate surface area is 254 Å². The van der Waals surface area contributed by atoms with E-state index in [-0.39, 0.29) is 41.8 Å². The van der Waals surface area contributed by atoms with Gasteiger partial charge < -0.3 is 24.1 Å². The van der Waals surface area contributed by atoms with Crippen LogP contribution in [0.3, 0.4) is 0 Å². The standard InChI is InChI=1S/C34H36N2O8/c1-32-16-20-18-35-36(22-7-4-6-19(14-22)29(38)42-3)25(20)15-21(32)9-10-23-24-11-12-34(31(40)41,33(24,2)17-26(37)28(23)32)44-30(39)27-8-5-13-43-27/h4-8,13-15,18,23-24,26,28,37H,9-12,16-17H2,1-3H3,(H,40,41)/t23-,24-,26-,28?,32-,33-,34-/m0/s1. The van der Waals surface area contributed by atoms with Crippen LogP contribution in [-0.2, 0) is 20.7 Å². The van der Waals surface area contributed by atoms with Gasteiger partial charge in [0.15, 0.2) is 0 Å².